The fraction of sp³-hybridized carbons (Fsp3) is 0.462. The van der Waals surface area contributed by atoms with Crippen molar-refractivity contribution in [2.24, 2.45) is 5.92 Å². The molecule has 2 atom stereocenters. The quantitative estimate of drug-likeness (QED) is 0.860. The highest BCUT2D eigenvalue weighted by Gasteiger charge is 2.24. The molecule has 0 amide bonds. The minimum absolute atomic E-state index is 0.137. The first-order valence-electron chi connectivity index (χ1n) is 5.57. The summed E-state index contributed by atoms with van der Waals surface area (Å²) in [6.45, 7) is 3.58. The zero-order chi connectivity index (χ0) is 13.0. The summed E-state index contributed by atoms with van der Waals surface area (Å²) in [5.41, 5.74) is 0.792. The van der Waals surface area contributed by atoms with Crippen LogP contribution in [0.5, 0.6) is 5.75 Å². The second kappa shape index (κ2) is 5.66. The second-order valence-electron chi connectivity index (χ2n) is 4.04. The molecule has 0 radical (unpaired) electrons. The third-order valence-corrected chi connectivity index (χ3v) is 3.04. The molecule has 0 spiro atoms. The summed E-state index contributed by atoms with van der Waals surface area (Å²) in [6, 6.07) is 4.50. The molecule has 1 unspecified atom stereocenters. The van der Waals surface area contributed by atoms with Crippen LogP contribution in [0.2, 0.25) is 0 Å². The molecule has 4 heteroatoms. The lowest BCUT2D eigenvalue weighted by molar-refractivity contribution is -0.141. The predicted molar refractivity (Wildman–Crippen MR) is 62.8 cm³/mol. The monoisotopic (exact) mass is 240 g/mol. The average molecular weight is 240 g/mol. The van der Waals surface area contributed by atoms with Crippen LogP contribution in [0.1, 0.15) is 31.7 Å². The Bertz CT molecular complexity index is 404. The Balaban J connectivity index is 3.08. The molecule has 1 rings (SSSR count). The zero-order valence-electron chi connectivity index (χ0n) is 10.2. The number of rotatable bonds is 5. The van der Waals surface area contributed by atoms with Gasteiger partial charge in [-0.1, -0.05) is 19.9 Å². The Hall–Kier alpha value is -1.58. The largest absolute Gasteiger partial charge is 0.494 e. The molecule has 0 bridgehead atoms. The van der Waals surface area contributed by atoms with Crippen LogP contribution >= 0.6 is 0 Å². The van der Waals surface area contributed by atoms with Crippen LogP contribution in [0.15, 0.2) is 18.2 Å². The van der Waals surface area contributed by atoms with Crippen molar-refractivity contribution in [2.45, 2.75) is 26.2 Å². The Morgan fingerprint density at radius 1 is 1.53 bits per heavy atom. The second-order valence-corrected chi connectivity index (χ2v) is 4.04. The van der Waals surface area contributed by atoms with Gasteiger partial charge in [-0.2, -0.15) is 0 Å². The summed E-state index contributed by atoms with van der Waals surface area (Å²) in [5.74, 6) is -1.77. The molecule has 0 aliphatic carbocycles. The van der Waals surface area contributed by atoms with Crippen molar-refractivity contribution in [3.05, 3.63) is 29.6 Å². The standard InChI is InChI=1S/C13H17FO3/c1-4-10(8(2)13(15)16)9-5-6-11(14)12(7-9)17-3/h5-8,10H,4H2,1-3H3,(H,15,16)/t8?,10-/m0/s1. The number of halogens is 1. The van der Waals surface area contributed by atoms with Gasteiger partial charge in [0.15, 0.2) is 11.6 Å². The van der Waals surface area contributed by atoms with Gasteiger partial charge in [0.1, 0.15) is 0 Å². The summed E-state index contributed by atoms with van der Waals surface area (Å²) < 4.78 is 18.2. The van der Waals surface area contributed by atoms with Gasteiger partial charge < -0.3 is 9.84 Å². The van der Waals surface area contributed by atoms with Crippen molar-refractivity contribution in [3.8, 4) is 5.75 Å². The first kappa shape index (κ1) is 13.5. The molecule has 1 aromatic carbocycles. The van der Waals surface area contributed by atoms with Gasteiger partial charge in [-0.05, 0) is 30.0 Å². The van der Waals surface area contributed by atoms with Gasteiger partial charge in [0.2, 0.25) is 0 Å². The summed E-state index contributed by atoms with van der Waals surface area (Å²) in [4.78, 5) is 11.0. The highest BCUT2D eigenvalue weighted by Crippen LogP contribution is 2.31. The van der Waals surface area contributed by atoms with Gasteiger partial charge >= 0.3 is 5.97 Å². The van der Waals surface area contributed by atoms with Gasteiger partial charge in [-0.15, -0.1) is 0 Å². The summed E-state index contributed by atoms with van der Waals surface area (Å²) in [6.07, 6.45) is 0.683. The Morgan fingerprint density at radius 3 is 2.65 bits per heavy atom. The summed E-state index contributed by atoms with van der Waals surface area (Å²) >= 11 is 0. The summed E-state index contributed by atoms with van der Waals surface area (Å²) in [7, 11) is 1.39. The van der Waals surface area contributed by atoms with Crippen molar-refractivity contribution in [1.29, 1.82) is 0 Å². The number of methoxy groups -OCH3 is 1. The van der Waals surface area contributed by atoms with E-state index in [9.17, 15) is 9.18 Å². The maximum absolute atomic E-state index is 13.3. The first-order valence-corrected chi connectivity index (χ1v) is 5.57. The lowest BCUT2D eigenvalue weighted by Crippen LogP contribution is -2.18. The van der Waals surface area contributed by atoms with E-state index in [1.165, 1.54) is 13.2 Å². The minimum Gasteiger partial charge on any atom is -0.494 e. The fourth-order valence-electron chi connectivity index (χ4n) is 1.96. The van der Waals surface area contributed by atoms with Crippen LogP contribution < -0.4 is 4.74 Å². The highest BCUT2D eigenvalue weighted by atomic mass is 19.1. The number of hydrogen-bond donors (Lipinski definition) is 1. The van der Waals surface area contributed by atoms with E-state index in [1.54, 1.807) is 19.1 Å². The van der Waals surface area contributed by atoms with Crippen LogP contribution in [0.3, 0.4) is 0 Å². The third kappa shape index (κ3) is 2.96. The van der Waals surface area contributed by atoms with Gasteiger partial charge in [0.05, 0.1) is 13.0 Å². The molecule has 0 aliphatic rings. The highest BCUT2D eigenvalue weighted by molar-refractivity contribution is 5.71. The molecule has 0 heterocycles. The van der Waals surface area contributed by atoms with E-state index in [0.717, 1.165) is 5.56 Å². The third-order valence-electron chi connectivity index (χ3n) is 3.04. The van der Waals surface area contributed by atoms with Crippen LogP contribution in [0, 0.1) is 11.7 Å². The lowest BCUT2D eigenvalue weighted by atomic mass is 9.85. The van der Waals surface area contributed by atoms with Crippen molar-refractivity contribution in [2.75, 3.05) is 7.11 Å². The van der Waals surface area contributed by atoms with E-state index in [4.69, 9.17) is 9.84 Å². The van der Waals surface area contributed by atoms with Crippen LogP contribution in [-0.2, 0) is 4.79 Å². The smallest absolute Gasteiger partial charge is 0.306 e. The molecule has 1 aromatic rings. The zero-order valence-corrected chi connectivity index (χ0v) is 10.2. The first-order chi connectivity index (χ1) is 8.01. The van der Waals surface area contributed by atoms with Gasteiger partial charge in [-0.3, -0.25) is 4.79 Å². The Morgan fingerprint density at radius 2 is 2.18 bits per heavy atom. The Labute approximate surface area is 100 Å². The number of hydrogen-bond acceptors (Lipinski definition) is 2. The molecule has 0 fully saturated rings. The number of carboxylic acid groups (broad SMARTS) is 1. The van der Waals surface area contributed by atoms with E-state index in [0.29, 0.717) is 6.42 Å². The van der Waals surface area contributed by atoms with E-state index in [1.807, 2.05) is 6.92 Å². The van der Waals surface area contributed by atoms with E-state index >= 15 is 0 Å². The number of aliphatic carboxylic acids is 1. The fourth-order valence-corrected chi connectivity index (χ4v) is 1.96. The van der Waals surface area contributed by atoms with Gasteiger partial charge in [-0.25, -0.2) is 4.39 Å². The van der Waals surface area contributed by atoms with Crippen molar-refractivity contribution < 1.29 is 19.0 Å². The molecule has 3 nitrogen and oxygen atoms in total. The summed E-state index contributed by atoms with van der Waals surface area (Å²) in [5, 5.41) is 9.02. The molecular weight excluding hydrogens is 223 g/mol. The van der Waals surface area contributed by atoms with E-state index < -0.39 is 17.7 Å². The normalized spacial score (nSPS) is 14.1. The molecular formula is C13H17FO3. The van der Waals surface area contributed by atoms with Crippen LogP contribution in [-0.4, -0.2) is 18.2 Å². The maximum atomic E-state index is 13.3. The van der Waals surface area contributed by atoms with Crippen molar-refractivity contribution >= 4 is 5.97 Å². The molecule has 0 aromatic heterocycles. The Kier molecular flexibility index (Phi) is 4.49. The molecule has 94 valence electrons. The maximum Gasteiger partial charge on any atom is 0.306 e. The number of carbonyl (C=O) groups is 1. The van der Waals surface area contributed by atoms with Gasteiger partial charge in [0.25, 0.3) is 0 Å². The molecule has 0 saturated carbocycles. The minimum atomic E-state index is -0.847. The molecule has 17 heavy (non-hydrogen) atoms. The predicted octanol–water partition coefficient (Wildman–Crippen LogP) is 3.05. The van der Waals surface area contributed by atoms with Gasteiger partial charge in [0, 0.05) is 0 Å². The molecule has 0 aliphatic heterocycles. The molecule has 0 saturated heterocycles. The van der Waals surface area contributed by atoms with Crippen molar-refractivity contribution in [1.82, 2.24) is 0 Å². The SMILES string of the molecule is CC[C@H](c1ccc(F)c(OC)c1)C(C)C(=O)O. The average Bonchev–Trinajstić information content (AvgIpc) is 2.31. The lowest BCUT2D eigenvalue weighted by Gasteiger charge is -2.20. The number of carboxylic acids is 1. The number of benzene rings is 1. The topological polar surface area (TPSA) is 46.5 Å². The molecule has 1 N–H and O–H groups in total. The van der Waals surface area contributed by atoms with E-state index in [-0.39, 0.29) is 11.7 Å². The van der Waals surface area contributed by atoms with Crippen LogP contribution in [0.25, 0.3) is 0 Å². The van der Waals surface area contributed by atoms with Crippen LogP contribution in [0.4, 0.5) is 4.39 Å². The number of ether oxygens (including phenoxy) is 1. The van der Waals surface area contributed by atoms with E-state index in [2.05, 4.69) is 0 Å². The van der Waals surface area contributed by atoms with Crippen molar-refractivity contribution in [3.63, 3.8) is 0 Å².